The number of pyridine rings is 1. The van der Waals surface area contributed by atoms with E-state index in [-0.39, 0.29) is 5.56 Å². The first-order chi connectivity index (χ1) is 12.7. The van der Waals surface area contributed by atoms with Crippen LogP contribution < -0.4 is 10.1 Å². The molecule has 0 saturated carbocycles. The van der Waals surface area contributed by atoms with E-state index < -0.39 is 7.25 Å². The number of nitrogens with one attached hydrogen (secondary N) is 1. The lowest BCUT2D eigenvalue weighted by Crippen LogP contribution is -2.34. The van der Waals surface area contributed by atoms with Crippen molar-refractivity contribution in [3.05, 3.63) is 76.6 Å². The third-order valence-electron chi connectivity index (χ3n) is 3.80. The Kier molecular flexibility index (Phi) is 4.94. The van der Waals surface area contributed by atoms with Crippen LogP contribution in [0.1, 0.15) is 5.56 Å². The van der Waals surface area contributed by atoms with Gasteiger partial charge in [0.1, 0.15) is 0 Å². The highest BCUT2D eigenvalue weighted by atomic mass is 19.5. The zero-order chi connectivity index (χ0) is 19.6. The number of nitrogens with zero attached hydrogens (tertiary/aromatic N) is 2. The first-order valence-corrected chi connectivity index (χ1v) is 8.01. The van der Waals surface area contributed by atoms with Gasteiger partial charge in [0.05, 0.1) is 0 Å². The smallest absolute Gasteiger partial charge is 0.418 e. The van der Waals surface area contributed by atoms with E-state index in [1.807, 2.05) is 67.6 Å². The minimum absolute atomic E-state index is 0.181. The summed E-state index contributed by atoms with van der Waals surface area (Å²) in [5.74, 6) is 0. The molecule has 0 unspecified atom stereocenters. The van der Waals surface area contributed by atoms with E-state index >= 15 is 0 Å². The molecule has 0 aliphatic carbocycles. The van der Waals surface area contributed by atoms with Crippen LogP contribution in [0.2, 0.25) is 0 Å². The van der Waals surface area contributed by atoms with E-state index in [2.05, 4.69) is 10.1 Å². The number of aromatic nitrogens is 3. The first kappa shape index (κ1) is 18.6. The van der Waals surface area contributed by atoms with Crippen molar-refractivity contribution in [1.29, 1.82) is 0 Å². The molecule has 0 saturated heterocycles. The molecular formula is C18H14BF4N3O. The molecule has 0 amide bonds. The normalized spacial score (nSPS) is 11.3. The highest BCUT2D eigenvalue weighted by Crippen LogP contribution is 2.14. The maximum atomic E-state index is 12.3. The summed E-state index contributed by atoms with van der Waals surface area (Å²) in [6.07, 6.45) is 0. The molecule has 4 rings (SSSR count). The molecule has 0 atom stereocenters. The molecule has 2 aromatic heterocycles. The van der Waals surface area contributed by atoms with Crippen molar-refractivity contribution in [2.24, 2.45) is 0 Å². The molecular weight excluding hydrogens is 361 g/mol. The molecule has 0 spiro atoms. The van der Waals surface area contributed by atoms with Crippen molar-refractivity contribution < 1.29 is 21.8 Å². The van der Waals surface area contributed by atoms with Gasteiger partial charge < -0.3 is 17.3 Å². The third kappa shape index (κ3) is 4.49. The third-order valence-corrected chi connectivity index (χ3v) is 3.80. The number of aromatic amines is 1. The summed E-state index contributed by atoms with van der Waals surface area (Å²) in [4.78, 5) is 15.2. The van der Waals surface area contributed by atoms with Crippen molar-refractivity contribution in [3.63, 3.8) is 0 Å². The van der Waals surface area contributed by atoms with Gasteiger partial charge in [-0.15, -0.1) is 0 Å². The lowest BCUT2D eigenvalue weighted by molar-refractivity contribution is -0.554. The van der Waals surface area contributed by atoms with Crippen LogP contribution in [0.25, 0.3) is 27.8 Å². The van der Waals surface area contributed by atoms with Crippen LogP contribution in [-0.4, -0.2) is 17.3 Å². The van der Waals surface area contributed by atoms with Crippen LogP contribution in [0.5, 0.6) is 0 Å². The van der Waals surface area contributed by atoms with Gasteiger partial charge in [0.25, 0.3) is 0 Å². The second kappa shape index (κ2) is 7.18. The Bertz CT molecular complexity index is 1150. The molecule has 4 aromatic rings. The van der Waals surface area contributed by atoms with E-state index in [9.17, 15) is 22.1 Å². The first-order valence-electron chi connectivity index (χ1n) is 8.01. The number of para-hydroxylation sites is 1. The van der Waals surface area contributed by atoms with Gasteiger partial charge in [-0.3, -0.25) is 0 Å². The zero-order valence-corrected chi connectivity index (χ0v) is 14.2. The number of benzene rings is 2. The Balaban J connectivity index is 0.000000376. The van der Waals surface area contributed by atoms with Gasteiger partial charge in [0.2, 0.25) is 5.69 Å². The maximum Gasteiger partial charge on any atom is 0.673 e. The Labute approximate surface area is 151 Å². The van der Waals surface area contributed by atoms with Crippen LogP contribution in [0, 0.1) is 6.92 Å². The summed E-state index contributed by atoms with van der Waals surface area (Å²) in [6, 6.07) is 19.6. The van der Waals surface area contributed by atoms with Crippen molar-refractivity contribution in [2.75, 3.05) is 0 Å². The van der Waals surface area contributed by atoms with Gasteiger partial charge in [-0.05, 0) is 19.1 Å². The second-order valence-electron chi connectivity index (χ2n) is 5.85. The van der Waals surface area contributed by atoms with Crippen molar-refractivity contribution in [1.82, 2.24) is 10.1 Å². The molecule has 0 bridgehead atoms. The maximum absolute atomic E-state index is 12.3. The van der Waals surface area contributed by atoms with Crippen LogP contribution in [-0.2, 0) is 0 Å². The fourth-order valence-electron chi connectivity index (χ4n) is 2.61. The number of H-pyrrole nitrogens is 1. The quantitative estimate of drug-likeness (QED) is 0.237. The molecule has 0 aliphatic heterocycles. The highest BCUT2D eigenvalue weighted by molar-refractivity contribution is 6.50. The Morgan fingerprint density at radius 1 is 0.926 bits per heavy atom. The molecule has 4 nitrogen and oxygen atoms in total. The molecule has 0 fully saturated rings. The van der Waals surface area contributed by atoms with E-state index in [1.54, 1.807) is 4.52 Å². The molecule has 0 aliphatic rings. The van der Waals surface area contributed by atoms with E-state index in [0.717, 1.165) is 22.0 Å². The van der Waals surface area contributed by atoms with Crippen molar-refractivity contribution in [2.45, 2.75) is 6.92 Å². The van der Waals surface area contributed by atoms with E-state index in [4.69, 9.17) is 0 Å². The molecule has 9 heteroatoms. The topological polar surface area (TPSA) is 49.9 Å². The summed E-state index contributed by atoms with van der Waals surface area (Å²) >= 11 is 0. The lowest BCUT2D eigenvalue weighted by atomic mass is 10.1. The minimum Gasteiger partial charge on any atom is -0.418 e. The predicted molar refractivity (Wildman–Crippen MR) is 95.9 cm³/mol. The van der Waals surface area contributed by atoms with Gasteiger partial charge in [0, 0.05) is 17.0 Å². The lowest BCUT2D eigenvalue weighted by Gasteiger charge is -2.01. The van der Waals surface area contributed by atoms with Gasteiger partial charge in [0.15, 0.2) is 5.52 Å². The van der Waals surface area contributed by atoms with E-state index in [1.165, 1.54) is 0 Å². The molecule has 138 valence electrons. The molecule has 2 heterocycles. The van der Waals surface area contributed by atoms with Crippen LogP contribution in [0.3, 0.4) is 0 Å². The predicted octanol–water partition coefficient (Wildman–Crippen LogP) is 3.94. The van der Waals surface area contributed by atoms with Gasteiger partial charge in [-0.2, -0.15) is 0 Å². The number of rotatable bonds is 1. The molecule has 0 radical (unpaired) electrons. The fourth-order valence-corrected chi connectivity index (χ4v) is 2.61. The second-order valence-corrected chi connectivity index (χ2v) is 5.85. The number of halogens is 4. The summed E-state index contributed by atoms with van der Waals surface area (Å²) in [5, 5.41) is 5.65. The summed E-state index contributed by atoms with van der Waals surface area (Å²) in [5.41, 5.74) is 3.85. The number of fused-ring (bicyclic) bond motifs is 3. The van der Waals surface area contributed by atoms with Crippen molar-refractivity contribution >= 4 is 23.8 Å². The number of hydrogen-bond acceptors (Lipinski definition) is 2. The Morgan fingerprint density at radius 3 is 2.22 bits per heavy atom. The Hall–Kier alpha value is -3.23. The summed E-state index contributed by atoms with van der Waals surface area (Å²) < 4.78 is 40.8. The van der Waals surface area contributed by atoms with Gasteiger partial charge >= 0.3 is 18.5 Å². The van der Waals surface area contributed by atoms with E-state index in [0.29, 0.717) is 11.3 Å². The Morgan fingerprint density at radius 2 is 1.56 bits per heavy atom. The van der Waals surface area contributed by atoms with Crippen LogP contribution in [0.4, 0.5) is 17.3 Å². The minimum atomic E-state index is -6.00. The van der Waals surface area contributed by atoms with Gasteiger partial charge in [-0.25, -0.2) is 9.78 Å². The largest absolute Gasteiger partial charge is 0.673 e. The van der Waals surface area contributed by atoms with Crippen LogP contribution >= 0.6 is 0 Å². The standard InChI is InChI=1S/C18H13N3O.BF4/c1-12-6-8-14(9-7-12)17-18(22)19-16-11-10-13-4-2-3-5-15(13)21(16)20-17;2-1(3,4)5/h2-11H,1H3;/q;-1/p+1. The molecule has 27 heavy (non-hydrogen) atoms. The molecule has 2 aromatic carbocycles. The zero-order valence-electron chi connectivity index (χ0n) is 14.2. The average Bonchev–Trinajstić information content (AvgIpc) is 2.60. The van der Waals surface area contributed by atoms with Crippen molar-refractivity contribution in [3.8, 4) is 11.3 Å². The number of aryl methyl sites for hydroxylation is 1. The highest BCUT2D eigenvalue weighted by Gasteiger charge is 2.20. The fraction of sp³-hybridized carbons (Fsp3) is 0.0556. The molecule has 1 N–H and O–H groups in total. The average molecular weight is 375 g/mol. The van der Waals surface area contributed by atoms with Gasteiger partial charge in [-0.1, -0.05) is 57.6 Å². The SMILES string of the molecule is Cc1ccc(-c2n[n+]3c(ccc4ccccc43)[nH]c2=O)cc1.F[B-](F)(F)F. The number of hydrogen-bond donors (Lipinski definition) is 1. The van der Waals surface area contributed by atoms with Crippen LogP contribution in [0.15, 0.2) is 65.5 Å². The monoisotopic (exact) mass is 375 g/mol. The summed E-state index contributed by atoms with van der Waals surface area (Å²) in [6.45, 7) is 2.02. The summed E-state index contributed by atoms with van der Waals surface area (Å²) in [7, 11) is -6.00.